The van der Waals surface area contributed by atoms with Crippen molar-refractivity contribution in [3.8, 4) is 5.88 Å². The minimum absolute atomic E-state index is 0.151. The van der Waals surface area contributed by atoms with E-state index in [9.17, 15) is 9.59 Å². The van der Waals surface area contributed by atoms with Crippen LogP contribution in [0.1, 0.15) is 29.6 Å². The van der Waals surface area contributed by atoms with Gasteiger partial charge in [0.1, 0.15) is 5.56 Å². The fraction of sp³-hybridized carbons (Fsp3) is 0.353. The van der Waals surface area contributed by atoms with Gasteiger partial charge in [-0.2, -0.15) is 0 Å². The van der Waals surface area contributed by atoms with Crippen LogP contribution >= 0.6 is 0 Å². The normalized spacial score (nSPS) is 14.6. The number of rotatable bonds is 4. The summed E-state index contributed by atoms with van der Waals surface area (Å²) in [5.41, 5.74) is 1.88. The van der Waals surface area contributed by atoms with Gasteiger partial charge in [0.15, 0.2) is 0 Å². The molecule has 1 aliphatic rings. The van der Waals surface area contributed by atoms with E-state index in [-0.39, 0.29) is 17.7 Å². The van der Waals surface area contributed by atoms with E-state index in [4.69, 9.17) is 4.74 Å². The number of aryl methyl sites for hydroxylation is 1. The Kier molecular flexibility index (Phi) is 4.50. The van der Waals surface area contributed by atoms with Crippen LogP contribution in [0.15, 0.2) is 30.5 Å². The van der Waals surface area contributed by atoms with Crippen LogP contribution in [0.2, 0.25) is 0 Å². The molecule has 7 heteroatoms. The number of anilines is 2. The first-order chi connectivity index (χ1) is 11.6. The number of hydrogen-bond acceptors (Lipinski definition) is 4. The SMILES string of the molecule is COc1nn(C)cc1C(=O)Nc1ccc(N2CCCCC2=O)cc1. The Hall–Kier alpha value is -2.83. The van der Waals surface area contributed by atoms with Crippen LogP contribution in [0.25, 0.3) is 0 Å². The lowest BCUT2D eigenvalue weighted by molar-refractivity contribution is -0.119. The molecule has 7 nitrogen and oxygen atoms in total. The number of methoxy groups -OCH3 is 1. The fourth-order valence-corrected chi connectivity index (χ4v) is 2.78. The average Bonchev–Trinajstić information content (AvgIpc) is 2.97. The molecule has 0 radical (unpaired) electrons. The van der Waals surface area contributed by atoms with Gasteiger partial charge in [-0.05, 0) is 37.1 Å². The number of amides is 2. The Balaban J connectivity index is 1.72. The highest BCUT2D eigenvalue weighted by Crippen LogP contribution is 2.23. The van der Waals surface area contributed by atoms with E-state index >= 15 is 0 Å². The molecule has 1 aromatic carbocycles. The molecule has 0 bridgehead atoms. The van der Waals surface area contributed by atoms with E-state index in [1.165, 1.54) is 11.8 Å². The summed E-state index contributed by atoms with van der Waals surface area (Å²) in [5, 5.41) is 6.88. The van der Waals surface area contributed by atoms with Gasteiger partial charge in [-0.1, -0.05) is 0 Å². The van der Waals surface area contributed by atoms with Gasteiger partial charge < -0.3 is 15.0 Å². The first-order valence-electron chi connectivity index (χ1n) is 7.88. The number of carbonyl (C=O) groups is 2. The Labute approximate surface area is 140 Å². The summed E-state index contributed by atoms with van der Waals surface area (Å²) in [7, 11) is 3.20. The molecular weight excluding hydrogens is 308 g/mol. The van der Waals surface area contributed by atoms with E-state index < -0.39 is 0 Å². The maximum Gasteiger partial charge on any atom is 0.262 e. The summed E-state index contributed by atoms with van der Waals surface area (Å²) in [4.78, 5) is 26.1. The molecule has 24 heavy (non-hydrogen) atoms. The maximum atomic E-state index is 12.3. The number of benzene rings is 1. The molecule has 126 valence electrons. The molecule has 1 aromatic heterocycles. The van der Waals surface area contributed by atoms with Crippen molar-refractivity contribution in [2.75, 3.05) is 23.9 Å². The largest absolute Gasteiger partial charge is 0.479 e. The van der Waals surface area contributed by atoms with Crippen LogP contribution < -0.4 is 15.0 Å². The number of piperidine rings is 1. The van der Waals surface area contributed by atoms with Crippen LogP contribution in [-0.4, -0.2) is 35.2 Å². The minimum Gasteiger partial charge on any atom is -0.479 e. The molecule has 0 unspecified atom stereocenters. The van der Waals surface area contributed by atoms with Gasteiger partial charge in [0, 0.05) is 37.6 Å². The van der Waals surface area contributed by atoms with Crippen molar-refractivity contribution in [1.82, 2.24) is 9.78 Å². The summed E-state index contributed by atoms with van der Waals surface area (Å²) >= 11 is 0. The molecule has 2 heterocycles. The lowest BCUT2D eigenvalue weighted by Gasteiger charge is -2.26. The standard InChI is InChI=1S/C17H20N4O3/c1-20-11-14(17(19-20)24-2)16(23)18-12-6-8-13(9-7-12)21-10-4-3-5-15(21)22/h6-9,11H,3-5,10H2,1-2H3,(H,18,23). The third-order valence-electron chi connectivity index (χ3n) is 3.99. The average molecular weight is 328 g/mol. The van der Waals surface area contributed by atoms with Gasteiger partial charge in [-0.3, -0.25) is 14.3 Å². The summed E-state index contributed by atoms with van der Waals surface area (Å²) in [6.45, 7) is 0.747. The number of aromatic nitrogens is 2. The van der Waals surface area contributed by atoms with Gasteiger partial charge in [0.25, 0.3) is 5.91 Å². The van der Waals surface area contributed by atoms with Crippen molar-refractivity contribution in [2.24, 2.45) is 7.05 Å². The van der Waals surface area contributed by atoms with Gasteiger partial charge >= 0.3 is 0 Å². The molecule has 0 saturated carbocycles. The topological polar surface area (TPSA) is 76.5 Å². The van der Waals surface area contributed by atoms with Gasteiger partial charge in [0.2, 0.25) is 11.8 Å². The summed E-state index contributed by atoms with van der Waals surface area (Å²) in [6.07, 6.45) is 4.18. The third-order valence-corrected chi connectivity index (χ3v) is 3.99. The second-order valence-electron chi connectivity index (χ2n) is 5.73. The Bertz CT molecular complexity index is 752. The molecule has 1 fully saturated rings. The number of hydrogen-bond donors (Lipinski definition) is 1. The maximum absolute atomic E-state index is 12.3. The predicted octanol–water partition coefficient (Wildman–Crippen LogP) is 2.20. The summed E-state index contributed by atoms with van der Waals surface area (Å²) in [6, 6.07) is 7.27. The molecule has 3 rings (SSSR count). The van der Waals surface area contributed by atoms with E-state index in [1.54, 1.807) is 30.3 Å². The Morgan fingerprint density at radius 1 is 1.25 bits per heavy atom. The number of nitrogens with zero attached hydrogens (tertiary/aromatic N) is 3. The second-order valence-corrected chi connectivity index (χ2v) is 5.73. The van der Waals surface area contributed by atoms with Crippen molar-refractivity contribution < 1.29 is 14.3 Å². The lowest BCUT2D eigenvalue weighted by Crippen LogP contribution is -2.35. The first-order valence-corrected chi connectivity index (χ1v) is 7.88. The van der Waals surface area contributed by atoms with E-state index in [0.29, 0.717) is 17.7 Å². The van der Waals surface area contributed by atoms with Crippen molar-refractivity contribution >= 4 is 23.2 Å². The number of ether oxygens (including phenoxy) is 1. The smallest absolute Gasteiger partial charge is 0.262 e. The lowest BCUT2D eigenvalue weighted by atomic mass is 10.1. The third kappa shape index (κ3) is 3.24. The highest BCUT2D eigenvalue weighted by molar-refractivity contribution is 6.05. The Morgan fingerprint density at radius 3 is 2.67 bits per heavy atom. The van der Waals surface area contributed by atoms with Crippen LogP contribution in [0.3, 0.4) is 0 Å². The minimum atomic E-state index is -0.290. The Morgan fingerprint density at radius 2 is 2.00 bits per heavy atom. The molecule has 2 amide bonds. The molecule has 1 N–H and O–H groups in total. The van der Waals surface area contributed by atoms with Crippen molar-refractivity contribution in [3.63, 3.8) is 0 Å². The van der Waals surface area contributed by atoms with Crippen LogP contribution in [0.4, 0.5) is 11.4 Å². The molecule has 1 aliphatic heterocycles. The molecular formula is C17H20N4O3. The molecule has 0 atom stereocenters. The highest BCUT2D eigenvalue weighted by Gasteiger charge is 2.20. The second kappa shape index (κ2) is 6.74. The number of carbonyl (C=O) groups excluding carboxylic acids is 2. The van der Waals surface area contributed by atoms with Gasteiger partial charge in [-0.15, -0.1) is 5.10 Å². The molecule has 0 aliphatic carbocycles. The fourth-order valence-electron chi connectivity index (χ4n) is 2.78. The zero-order chi connectivity index (χ0) is 17.1. The van der Waals surface area contributed by atoms with Crippen LogP contribution in [0, 0.1) is 0 Å². The quantitative estimate of drug-likeness (QED) is 0.933. The van der Waals surface area contributed by atoms with E-state index in [0.717, 1.165) is 25.1 Å². The van der Waals surface area contributed by atoms with Crippen molar-refractivity contribution in [2.45, 2.75) is 19.3 Å². The number of nitrogens with one attached hydrogen (secondary N) is 1. The van der Waals surface area contributed by atoms with Gasteiger partial charge in [-0.25, -0.2) is 0 Å². The zero-order valence-corrected chi connectivity index (χ0v) is 13.8. The van der Waals surface area contributed by atoms with Crippen molar-refractivity contribution in [3.05, 3.63) is 36.0 Å². The molecule has 1 saturated heterocycles. The molecule has 2 aromatic rings. The van der Waals surface area contributed by atoms with Crippen molar-refractivity contribution in [1.29, 1.82) is 0 Å². The zero-order valence-electron chi connectivity index (χ0n) is 13.8. The van der Waals surface area contributed by atoms with Crippen LogP contribution in [0.5, 0.6) is 5.88 Å². The monoisotopic (exact) mass is 328 g/mol. The van der Waals surface area contributed by atoms with E-state index in [1.807, 2.05) is 12.1 Å². The summed E-state index contributed by atoms with van der Waals surface area (Å²) < 4.78 is 6.62. The molecule has 0 spiro atoms. The summed E-state index contributed by atoms with van der Waals surface area (Å²) in [5.74, 6) is 0.144. The van der Waals surface area contributed by atoms with Crippen LogP contribution in [-0.2, 0) is 11.8 Å². The predicted molar refractivity (Wildman–Crippen MR) is 90.4 cm³/mol. The first kappa shape index (κ1) is 16.0. The highest BCUT2D eigenvalue weighted by atomic mass is 16.5. The van der Waals surface area contributed by atoms with E-state index in [2.05, 4.69) is 10.4 Å². The van der Waals surface area contributed by atoms with Gasteiger partial charge in [0.05, 0.1) is 7.11 Å².